The summed E-state index contributed by atoms with van der Waals surface area (Å²) in [6, 6.07) is 5.98. The van der Waals surface area contributed by atoms with E-state index in [0.29, 0.717) is 37.8 Å². The molecule has 1 aromatic carbocycles. The van der Waals surface area contributed by atoms with Crippen molar-refractivity contribution < 1.29 is 77.7 Å². The second-order valence-electron chi connectivity index (χ2n) is 20.9. The van der Waals surface area contributed by atoms with Gasteiger partial charge in [-0.1, -0.05) is 180 Å². The minimum Gasteiger partial charge on any atom is -0.481 e. The molecule has 444 valence electrons. The van der Waals surface area contributed by atoms with Crippen molar-refractivity contribution >= 4 is 47.6 Å². The molecule has 0 bridgehead atoms. The number of amides is 3. The normalized spacial score (nSPS) is 17.5. The van der Waals surface area contributed by atoms with Gasteiger partial charge >= 0.3 is 29.8 Å². The first-order valence-corrected chi connectivity index (χ1v) is 29.6. The fourth-order valence-electron chi connectivity index (χ4n) is 9.45. The molecule has 6 atom stereocenters. The molecular formula is C59H97N3O16. The van der Waals surface area contributed by atoms with E-state index in [9.17, 15) is 58.8 Å². The molecular weight excluding hydrogens is 1010 g/mol. The Morgan fingerprint density at radius 3 is 1.55 bits per heavy atom. The minimum absolute atomic E-state index is 0.0253. The van der Waals surface area contributed by atoms with Crippen LogP contribution in [0.15, 0.2) is 30.3 Å². The zero-order valence-corrected chi connectivity index (χ0v) is 47.1. The van der Waals surface area contributed by atoms with E-state index in [1.54, 1.807) is 24.3 Å². The summed E-state index contributed by atoms with van der Waals surface area (Å²) in [6.07, 6.45) is 15.9. The molecule has 1 fully saturated rings. The molecule has 2 rings (SSSR count). The fourth-order valence-corrected chi connectivity index (χ4v) is 9.45. The smallest absolute Gasteiger partial charge is 0.328 e. The van der Waals surface area contributed by atoms with Crippen LogP contribution in [0, 0.1) is 0 Å². The van der Waals surface area contributed by atoms with Gasteiger partial charge in [-0.15, -0.1) is 0 Å². The van der Waals surface area contributed by atoms with E-state index in [4.69, 9.17) is 18.9 Å². The number of hydrogen-bond acceptors (Lipinski definition) is 13. The summed E-state index contributed by atoms with van der Waals surface area (Å²) >= 11 is 0. The molecule has 1 aliphatic heterocycles. The van der Waals surface area contributed by atoms with E-state index >= 15 is 0 Å². The summed E-state index contributed by atoms with van der Waals surface area (Å²) in [7, 11) is 0. The van der Waals surface area contributed by atoms with Gasteiger partial charge < -0.3 is 55.3 Å². The maximum absolute atomic E-state index is 13.7. The number of carboxylic acids is 3. The number of aliphatic hydroxyl groups is 1. The Bertz CT molecular complexity index is 1840. The highest BCUT2D eigenvalue weighted by molar-refractivity contribution is 5.94. The van der Waals surface area contributed by atoms with Crippen LogP contribution in [0.2, 0.25) is 0 Å². The standard InChI is InChI=1S/C59H97N3O16/c1-3-5-7-9-11-13-15-17-19-22-30-36-49(64)62-54-56(78-53(71)37-31-24-20-18-16-14-12-10-8-6-4-2)55(72)47(77-59(54)76-45(41-51(67)68)42-52(69)70)43-75-58(74)46(38-39-50(65)66)61-48(63)35-29-23-21-25-32-40-60-57(73)44-33-27-26-28-34-44/h26-28,33-34,45-47,54-56,59,72H,3-25,29-32,35-43H2,1-2H3,(H,60,73)(H,61,63)(H,62,64)(H,65,66)(H,67,68)(H,69,70)/t46-,47-,54-,55-,56-,59+/m1/s1. The highest BCUT2D eigenvalue weighted by Crippen LogP contribution is 2.29. The van der Waals surface area contributed by atoms with Crippen LogP contribution < -0.4 is 16.0 Å². The molecule has 7 N–H and O–H groups in total. The topological polar surface area (TPSA) is 290 Å². The number of carbonyl (C=O) groups excluding carboxylic acids is 5. The summed E-state index contributed by atoms with van der Waals surface area (Å²) in [6.45, 7) is 4.11. The number of ether oxygens (including phenoxy) is 4. The third kappa shape index (κ3) is 33.3. The monoisotopic (exact) mass is 1100 g/mol. The number of nitrogens with one attached hydrogen (secondary N) is 3. The number of aliphatic hydroxyl groups excluding tert-OH is 1. The predicted molar refractivity (Wildman–Crippen MR) is 294 cm³/mol. The zero-order valence-electron chi connectivity index (χ0n) is 47.1. The van der Waals surface area contributed by atoms with E-state index in [0.717, 1.165) is 83.5 Å². The van der Waals surface area contributed by atoms with E-state index in [1.807, 2.05) is 6.07 Å². The molecule has 1 saturated heterocycles. The predicted octanol–water partition coefficient (Wildman–Crippen LogP) is 9.87. The lowest BCUT2D eigenvalue weighted by atomic mass is 9.95. The highest BCUT2D eigenvalue weighted by atomic mass is 16.7. The van der Waals surface area contributed by atoms with Gasteiger partial charge in [-0.3, -0.25) is 33.6 Å². The van der Waals surface area contributed by atoms with E-state index in [-0.39, 0.29) is 31.6 Å². The van der Waals surface area contributed by atoms with Crippen molar-refractivity contribution in [3.8, 4) is 0 Å². The van der Waals surface area contributed by atoms with Crippen molar-refractivity contribution in [3.63, 3.8) is 0 Å². The van der Waals surface area contributed by atoms with Crippen molar-refractivity contribution in [2.75, 3.05) is 13.2 Å². The van der Waals surface area contributed by atoms with Crippen LogP contribution in [-0.4, -0.2) is 124 Å². The van der Waals surface area contributed by atoms with Gasteiger partial charge in [-0.05, 0) is 44.2 Å². The number of aliphatic carboxylic acids is 3. The lowest BCUT2D eigenvalue weighted by Crippen LogP contribution is -2.66. The Hall–Kier alpha value is -5.14. The minimum atomic E-state index is -1.80. The van der Waals surface area contributed by atoms with Crippen molar-refractivity contribution in [3.05, 3.63) is 35.9 Å². The van der Waals surface area contributed by atoms with Crippen LogP contribution in [-0.2, 0) is 52.5 Å². The third-order valence-corrected chi connectivity index (χ3v) is 14.0. The highest BCUT2D eigenvalue weighted by Gasteiger charge is 2.50. The average molecular weight is 1100 g/mol. The van der Waals surface area contributed by atoms with Crippen molar-refractivity contribution in [2.24, 2.45) is 0 Å². The quantitative estimate of drug-likeness (QED) is 0.0236. The second kappa shape index (κ2) is 43.7. The summed E-state index contributed by atoms with van der Waals surface area (Å²) in [4.78, 5) is 102. The van der Waals surface area contributed by atoms with Crippen LogP contribution in [0.4, 0.5) is 0 Å². The SMILES string of the molecule is CCCCCCCCCCCCCC(=O)N[C@H]1[C@@H](OC(CC(=O)O)CC(=O)O)O[C@H](COC(=O)[C@@H](CCC(=O)O)NC(=O)CCCCCCCNC(=O)c2ccccc2)[C@@H](O)[C@@H]1OC(=O)CCCCCCCCCCCCC. The largest absolute Gasteiger partial charge is 0.481 e. The van der Waals surface area contributed by atoms with Gasteiger partial charge in [0.1, 0.15) is 30.9 Å². The van der Waals surface area contributed by atoms with E-state index < -0.39 is 110 Å². The number of esters is 2. The first-order valence-electron chi connectivity index (χ1n) is 29.6. The Labute approximate surface area is 463 Å². The summed E-state index contributed by atoms with van der Waals surface area (Å²) in [5, 5.41) is 49.0. The first-order chi connectivity index (χ1) is 37.6. The summed E-state index contributed by atoms with van der Waals surface area (Å²) in [5.74, 6) is -7.00. The van der Waals surface area contributed by atoms with Gasteiger partial charge in [0.05, 0.1) is 18.9 Å². The Morgan fingerprint density at radius 1 is 0.577 bits per heavy atom. The molecule has 3 amide bonds. The number of rotatable bonds is 48. The number of benzene rings is 1. The van der Waals surface area contributed by atoms with Gasteiger partial charge in [0.15, 0.2) is 12.4 Å². The maximum atomic E-state index is 13.7. The summed E-state index contributed by atoms with van der Waals surface area (Å²) < 4.78 is 23.6. The number of unbranched alkanes of at least 4 members (excludes halogenated alkanes) is 24. The fraction of sp³-hybridized carbons (Fsp3) is 0.763. The van der Waals surface area contributed by atoms with Gasteiger partial charge in [-0.25, -0.2) is 4.79 Å². The number of carboxylic acid groups (broad SMARTS) is 3. The lowest BCUT2D eigenvalue weighted by molar-refractivity contribution is -0.286. The molecule has 1 aromatic rings. The zero-order chi connectivity index (χ0) is 57.2. The molecule has 78 heavy (non-hydrogen) atoms. The van der Waals surface area contributed by atoms with Crippen molar-refractivity contribution in [1.29, 1.82) is 0 Å². The molecule has 1 aliphatic rings. The number of carbonyl (C=O) groups is 8. The van der Waals surface area contributed by atoms with Crippen LogP contribution in [0.1, 0.15) is 243 Å². The third-order valence-electron chi connectivity index (χ3n) is 14.0. The molecule has 0 aromatic heterocycles. The van der Waals surface area contributed by atoms with Crippen LogP contribution in [0.25, 0.3) is 0 Å². The Kier molecular flexibility index (Phi) is 38.6. The Morgan fingerprint density at radius 2 is 1.05 bits per heavy atom. The molecule has 0 saturated carbocycles. The average Bonchev–Trinajstić information content (AvgIpc) is 3.42. The molecule has 1 heterocycles. The Balaban J connectivity index is 2.19. The van der Waals surface area contributed by atoms with Crippen LogP contribution in [0.5, 0.6) is 0 Å². The van der Waals surface area contributed by atoms with Gasteiger partial charge in [-0.2, -0.15) is 0 Å². The first kappa shape index (κ1) is 69.0. The van der Waals surface area contributed by atoms with Gasteiger partial charge in [0.2, 0.25) is 11.8 Å². The van der Waals surface area contributed by atoms with Crippen LogP contribution >= 0.6 is 0 Å². The second-order valence-corrected chi connectivity index (χ2v) is 20.9. The van der Waals surface area contributed by atoms with Gasteiger partial charge in [0.25, 0.3) is 5.91 Å². The van der Waals surface area contributed by atoms with E-state index in [1.165, 1.54) is 64.2 Å². The molecule has 0 spiro atoms. The molecule has 19 nitrogen and oxygen atoms in total. The molecule has 19 heteroatoms. The maximum Gasteiger partial charge on any atom is 0.328 e. The number of hydrogen-bond donors (Lipinski definition) is 7. The lowest BCUT2D eigenvalue weighted by Gasteiger charge is -2.44. The summed E-state index contributed by atoms with van der Waals surface area (Å²) in [5.41, 5.74) is 0.575. The van der Waals surface area contributed by atoms with Crippen molar-refractivity contribution in [1.82, 2.24) is 16.0 Å². The van der Waals surface area contributed by atoms with Crippen molar-refractivity contribution in [2.45, 2.75) is 275 Å². The van der Waals surface area contributed by atoms with Gasteiger partial charge in [0, 0.05) is 37.8 Å². The van der Waals surface area contributed by atoms with Crippen LogP contribution in [0.3, 0.4) is 0 Å². The van der Waals surface area contributed by atoms with E-state index in [2.05, 4.69) is 29.8 Å². The molecule has 0 unspecified atom stereocenters. The molecule has 0 radical (unpaired) electrons. The molecule has 0 aliphatic carbocycles.